The van der Waals surface area contributed by atoms with Crippen LogP contribution in [0.1, 0.15) is 12.0 Å². The zero-order valence-electron chi connectivity index (χ0n) is 9.52. The molecule has 0 unspecified atom stereocenters. The highest BCUT2D eigenvalue weighted by Crippen LogP contribution is 2.39. The van der Waals surface area contributed by atoms with Crippen LogP contribution in [0.3, 0.4) is 0 Å². The summed E-state index contributed by atoms with van der Waals surface area (Å²) in [7, 11) is 0. The summed E-state index contributed by atoms with van der Waals surface area (Å²) in [6.07, 6.45) is 1.12. The van der Waals surface area contributed by atoms with Gasteiger partial charge in [0, 0.05) is 10.2 Å². The second kappa shape index (κ2) is 7.33. The maximum atomic E-state index is 12.2. The largest absolute Gasteiger partial charge is 0.446 e. The van der Waals surface area contributed by atoms with Crippen LogP contribution in [-0.4, -0.2) is 17.4 Å². The molecule has 1 nitrogen and oxygen atoms in total. The van der Waals surface area contributed by atoms with Crippen molar-refractivity contribution in [2.45, 2.75) is 29.9 Å². The fraction of sp³-hybridized carbons (Fsp3) is 0.455. The second-order valence-corrected chi connectivity index (χ2v) is 5.42. The average Bonchev–Trinajstić information content (AvgIpc) is 2.25. The maximum absolute atomic E-state index is 12.2. The first-order valence-electron chi connectivity index (χ1n) is 5.21. The van der Waals surface area contributed by atoms with E-state index in [-0.39, 0.29) is 22.4 Å². The van der Waals surface area contributed by atoms with Gasteiger partial charge in [-0.1, -0.05) is 22.0 Å². The molecule has 0 spiro atoms. The first kappa shape index (κ1) is 16.6. The number of hydrogen-bond donors (Lipinski definition) is 0. The van der Waals surface area contributed by atoms with Crippen molar-refractivity contribution < 1.29 is 26.7 Å². The van der Waals surface area contributed by atoms with Gasteiger partial charge >= 0.3 is 12.1 Å². The Hall–Kier alpha value is -0.500. The summed E-state index contributed by atoms with van der Waals surface area (Å²) in [6.45, 7) is -3.06. The summed E-state index contributed by atoms with van der Waals surface area (Å²) in [6, 6.07) is 3.63. The van der Waals surface area contributed by atoms with Crippen molar-refractivity contribution in [3.05, 3.63) is 23.8 Å². The van der Waals surface area contributed by atoms with E-state index in [0.717, 1.165) is 6.07 Å². The molecular weight excluding hydrogens is 355 g/mol. The van der Waals surface area contributed by atoms with E-state index in [1.807, 2.05) is 0 Å². The highest BCUT2D eigenvalue weighted by atomic mass is 79.9. The van der Waals surface area contributed by atoms with Crippen LogP contribution in [0.5, 0.6) is 5.75 Å². The predicted molar refractivity (Wildman–Crippen MR) is 67.1 cm³/mol. The number of ether oxygens (including phenoxy) is 1. The lowest BCUT2D eigenvalue weighted by molar-refractivity contribution is -0.0505. The molecule has 0 saturated heterocycles. The standard InChI is InChI=1S/C11H10BrF5OS/c12-5-1-2-7-3-4-8(19-11(15,16)17)6-9(7)18-10(13)14/h3-4,6,10H,1-2,5H2. The monoisotopic (exact) mass is 364 g/mol. The van der Waals surface area contributed by atoms with Gasteiger partial charge in [0.25, 0.3) is 0 Å². The molecule has 8 heteroatoms. The third-order valence-electron chi connectivity index (χ3n) is 2.07. The Labute approximate surface area is 119 Å². The Balaban J connectivity index is 2.93. The molecule has 1 rings (SSSR count). The Morgan fingerprint density at radius 2 is 1.95 bits per heavy atom. The Morgan fingerprint density at radius 1 is 1.26 bits per heavy atom. The van der Waals surface area contributed by atoms with Crippen molar-refractivity contribution in [2.75, 3.05) is 5.33 Å². The third kappa shape index (κ3) is 6.47. The number of thioether (sulfide) groups is 1. The molecule has 0 aliphatic carbocycles. The molecule has 1 aromatic rings. The first-order valence-corrected chi connectivity index (χ1v) is 7.15. The van der Waals surface area contributed by atoms with Crippen LogP contribution < -0.4 is 4.74 Å². The van der Waals surface area contributed by atoms with Gasteiger partial charge in [0.15, 0.2) is 0 Å². The molecule has 0 amide bonds. The second-order valence-electron chi connectivity index (χ2n) is 3.49. The summed E-state index contributed by atoms with van der Waals surface area (Å²) in [5.74, 6) is -0.204. The molecule has 0 aliphatic heterocycles. The quantitative estimate of drug-likeness (QED) is 0.388. The molecule has 0 aliphatic rings. The maximum Gasteiger partial charge on any atom is 0.446 e. The lowest BCUT2D eigenvalue weighted by atomic mass is 10.1. The van der Waals surface area contributed by atoms with E-state index < -0.39 is 12.1 Å². The van der Waals surface area contributed by atoms with Crippen molar-refractivity contribution in [3.8, 4) is 5.75 Å². The summed E-state index contributed by atoms with van der Waals surface area (Å²) >= 11 is 2.84. The summed E-state index contributed by atoms with van der Waals surface area (Å²) in [4.78, 5) is -0.175. The minimum absolute atomic E-state index is 0.175. The van der Waals surface area contributed by atoms with Crippen LogP contribution in [0.15, 0.2) is 23.1 Å². The molecule has 0 radical (unpaired) electrons. The molecule has 108 valence electrons. The molecule has 19 heavy (non-hydrogen) atoms. The van der Waals surface area contributed by atoms with Gasteiger partial charge in [0.2, 0.25) is 0 Å². The van der Waals surface area contributed by atoms with E-state index in [9.17, 15) is 22.0 Å². The lowest BCUT2D eigenvalue weighted by Crippen LogP contribution is -2.06. The number of hydrogen-bond acceptors (Lipinski definition) is 2. The van der Waals surface area contributed by atoms with Crippen molar-refractivity contribution in [1.82, 2.24) is 0 Å². The Bertz CT molecular complexity index is 411. The van der Waals surface area contributed by atoms with Crippen molar-refractivity contribution >= 4 is 27.7 Å². The summed E-state index contributed by atoms with van der Waals surface area (Å²) in [5, 5.41) is 0.667. The topological polar surface area (TPSA) is 9.23 Å². The van der Waals surface area contributed by atoms with Gasteiger partial charge < -0.3 is 4.74 Å². The molecular formula is C11H10BrF5OS. The predicted octanol–water partition coefficient (Wildman–Crippen LogP) is 5.23. The number of halogens is 6. The normalized spacial score (nSPS) is 11.9. The minimum Gasteiger partial charge on any atom is -0.435 e. The molecule has 0 bridgehead atoms. The molecule has 0 N–H and O–H groups in total. The van der Waals surface area contributed by atoms with Crippen molar-refractivity contribution in [3.63, 3.8) is 0 Å². The van der Waals surface area contributed by atoms with Gasteiger partial charge in [0.05, 0.1) is 0 Å². The Morgan fingerprint density at radius 3 is 2.47 bits per heavy atom. The smallest absolute Gasteiger partial charge is 0.435 e. The molecule has 0 saturated carbocycles. The van der Waals surface area contributed by atoms with Crippen molar-refractivity contribution in [2.24, 2.45) is 0 Å². The van der Waals surface area contributed by atoms with Crippen LogP contribution in [0.2, 0.25) is 0 Å². The van der Waals surface area contributed by atoms with Crippen LogP contribution in [0.4, 0.5) is 22.0 Å². The number of benzene rings is 1. The number of alkyl halides is 6. The van der Waals surface area contributed by atoms with E-state index in [1.165, 1.54) is 12.1 Å². The highest BCUT2D eigenvalue weighted by molar-refractivity contribution is 9.09. The van der Waals surface area contributed by atoms with Gasteiger partial charge in [-0.2, -0.15) is 22.0 Å². The highest BCUT2D eigenvalue weighted by Gasteiger charge is 2.29. The van der Waals surface area contributed by atoms with Gasteiger partial charge in [0.1, 0.15) is 5.75 Å². The average molecular weight is 365 g/mol. The number of rotatable bonds is 6. The fourth-order valence-electron chi connectivity index (χ4n) is 1.40. The SMILES string of the molecule is FC(F)Oc1cc(SC(F)(F)F)ccc1CCCBr. The van der Waals surface area contributed by atoms with Crippen LogP contribution in [0, 0.1) is 0 Å². The Kier molecular flexibility index (Phi) is 6.38. The van der Waals surface area contributed by atoms with Crippen LogP contribution in [-0.2, 0) is 6.42 Å². The van der Waals surface area contributed by atoms with Gasteiger partial charge in [-0.05, 0) is 42.3 Å². The molecule has 0 fully saturated rings. The van der Waals surface area contributed by atoms with Gasteiger partial charge in [-0.3, -0.25) is 0 Å². The van der Waals surface area contributed by atoms with Crippen LogP contribution in [0.25, 0.3) is 0 Å². The minimum atomic E-state index is -4.46. The third-order valence-corrected chi connectivity index (χ3v) is 3.35. The van der Waals surface area contributed by atoms with E-state index >= 15 is 0 Å². The van der Waals surface area contributed by atoms with E-state index in [1.54, 1.807) is 0 Å². The zero-order valence-corrected chi connectivity index (χ0v) is 11.9. The van der Waals surface area contributed by atoms with Crippen LogP contribution >= 0.6 is 27.7 Å². The molecule has 0 aromatic heterocycles. The molecule has 0 heterocycles. The first-order chi connectivity index (χ1) is 8.81. The van der Waals surface area contributed by atoms with Crippen molar-refractivity contribution in [1.29, 1.82) is 0 Å². The summed E-state index contributed by atoms with van der Waals surface area (Å²) in [5.41, 5.74) is -3.99. The van der Waals surface area contributed by atoms with Gasteiger partial charge in [-0.25, -0.2) is 0 Å². The van der Waals surface area contributed by atoms with Gasteiger partial charge in [-0.15, -0.1) is 0 Å². The lowest BCUT2D eigenvalue weighted by Gasteiger charge is -2.13. The fourth-order valence-corrected chi connectivity index (χ4v) is 2.25. The summed E-state index contributed by atoms with van der Waals surface area (Å²) < 4.78 is 65.4. The molecule has 1 aromatic carbocycles. The zero-order chi connectivity index (χ0) is 14.5. The van der Waals surface area contributed by atoms with E-state index in [4.69, 9.17) is 0 Å². The van der Waals surface area contributed by atoms with E-state index in [0.29, 0.717) is 23.7 Å². The number of aryl methyl sites for hydroxylation is 1. The molecule has 0 atom stereocenters. The van der Waals surface area contributed by atoms with E-state index in [2.05, 4.69) is 20.7 Å².